The van der Waals surface area contributed by atoms with Gasteiger partial charge < -0.3 is 4.74 Å². The molecule has 3 rings (SSSR count). The van der Waals surface area contributed by atoms with Crippen molar-refractivity contribution in [1.29, 1.82) is 0 Å². The van der Waals surface area contributed by atoms with Crippen molar-refractivity contribution in [2.24, 2.45) is 4.99 Å². The first kappa shape index (κ1) is 18.8. The summed E-state index contributed by atoms with van der Waals surface area (Å²) in [6.45, 7) is 2.35. The predicted octanol–water partition coefficient (Wildman–Crippen LogP) is 4.24. The second-order valence-electron chi connectivity index (χ2n) is 5.64. The van der Waals surface area contributed by atoms with Crippen LogP contribution in [0.3, 0.4) is 0 Å². The Balaban J connectivity index is 1.86. The normalized spacial score (nSPS) is 17.0. The van der Waals surface area contributed by atoms with Crippen molar-refractivity contribution in [2.45, 2.75) is 6.92 Å². The fourth-order valence-electron chi connectivity index (χ4n) is 2.48. The first-order valence-corrected chi connectivity index (χ1v) is 9.07. The molecule has 0 aliphatic carbocycles. The van der Waals surface area contributed by atoms with E-state index in [0.29, 0.717) is 27.9 Å². The number of benzene rings is 2. The van der Waals surface area contributed by atoms with Crippen molar-refractivity contribution in [1.82, 2.24) is 4.90 Å². The van der Waals surface area contributed by atoms with E-state index in [1.165, 1.54) is 31.0 Å². The fraction of sp³-hybridized carbons (Fsp3) is 0.150. The molecule has 0 aromatic heterocycles. The van der Waals surface area contributed by atoms with Crippen molar-refractivity contribution in [3.05, 3.63) is 70.4 Å². The number of carbonyl (C=O) groups is 2. The van der Waals surface area contributed by atoms with Gasteiger partial charge in [-0.25, -0.2) is 14.2 Å². The summed E-state index contributed by atoms with van der Waals surface area (Å²) in [6, 6.07) is 12.6. The van der Waals surface area contributed by atoms with Crippen LogP contribution in [-0.4, -0.2) is 35.6 Å². The lowest BCUT2D eigenvalue weighted by Gasteiger charge is -2.12. The third-order valence-electron chi connectivity index (χ3n) is 3.89. The molecule has 1 fully saturated rings. The first-order chi connectivity index (χ1) is 13.0. The summed E-state index contributed by atoms with van der Waals surface area (Å²) in [5, 5.41) is 0.557. The number of likely N-dealkylation sites (N-methyl/N-ethyl adjacent to an activating group) is 1. The lowest BCUT2D eigenvalue weighted by atomic mass is 10.2. The molecule has 2 aromatic carbocycles. The van der Waals surface area contributed by atoms with Crippen molar-refractivity contribution < 1.29 is 18.7 Å². The summed E-state index contributed by atoms with van der Waals surface area (Å²) >= 11 is 1.26. The molecule has 0 atom stereocenters. The second kappa shape index (κ2) is 8.18. The highest BCUT2D eigenvalue weighted by Gasteiger charge is 2.32. The highest BCUT2D eigenvalue weighted by atomic mass is 32.2. The summed E-state index contributed by atoms with van der Waals surface area (Å²) in [5.74, 6) is -0.883. The summed E-state index contributed by atoms with van der Waals surface area (Å²) in [7, 11) is 1.32. The van der Waals surface area contributed by atoms with E-state index < -0.39 is 5.97 Å². The molecule has 0 bridgehead atoms. The minimum Gasteiger partial charge on any atom is -0.465 e. The average molecular weight is 384 g/mol. The van der Waals surface area contributed by atoms with E-state index in [1.807, 2.05) is 6.92 Å². The van der Waals surface area contributed by atoms with Crippen molar-refractivity contribution >= 4 is 40.6 Å². The number of amides is 1. The van der Waals surface area contributed by atoms with Crippen LogP contribution in [-0.2, 0) is 9.53 Å². The molecule has 2 aromatic rings. The molecule has 1 aliphatic heterocycles. The number of amidine groups is 1. The molecule has 1 amide bonds. The predicted molar refractivity (Wildman–Crippen MR) is 104 cm³/mol. The van der Waals surface area contributed by atoms with Gasteiger partial charge in [0.25, 0.3) is 5.91 Å². The monoisotopic (exact) mass is 384 g/mol. The Morgan fingerprint density at radius 3 is 2.44 bits per heavy atom. The number of hydrogen-bond acceptors (Lipinski definition) is 5. The molecule has 27 heavy (non-hydrogen) atoms. The molecule has 0 unspecified atom stereocenters. The molecule has 0 saturated carbocycles. The Hall–Kier alpha value is -2.93. The zero-order valence-electron chi connectivity index (χ0n) is 14.8. The number of nitrogens with zero attached hydrogens (tertiary/aromatic N) is 2. The maximum absolute atomic E-state index is 13.0. The van der Waals surface area contributed by atoms with Gasteiger partial charge >= 0.3 is 5.97 Å². The van der Waals surface area contributed by atoms with Crippen LogP contribution >= 0.6 is 11.8 Å². The van der Waals surface area contributed by atoms with Gasteiger partial charge in [0.05, 0.1) is 23.3 Å². The van der Waals surface area contributed by atoms with Crippen LogP contribution < -0.4 is 0 Å². The largest absolute Gasteiger partial charge is 0.465 e. The Labute approximate surface area is 160 Å². The van der Waals surface area contributed by atoms with Crippen molar-refractivity contribution in [2.75, 3.05) is 13.7 Å². The highest BCUT2D eigenvalue weighted by molar-refractivity contribution is 8.18. The van der Waals surface area contributed by atoms with Crippen molar-refractivity contribution in [3.8, 4) is 0 Å². The van der Waals surface area contributed by atoms with E-state index in [2.05, 4.69) is 9.73 Å². The number of hydrogen-bond donors (Lipinski definition) is 0. The van der Waals surface area contributed by atoms with E-state index in [1.54, 1.807) is 47.4 Å². The van der Waals surface area contributed by atoms with Crippen LogP contribution in [0, 0.1) is 5.82 Å². The maximum Gasteiger partial charge on any atom is 0.337 e. The zero-order valence-corrected chi connectivity index (χ0v) is 15.6. The lowest BCUT2D eigenvalue weighted by molar-refractivity contribution is -0.122. The van der Waals surface area contributed by atoms with Crippen LogP contribution in [0.4, 0.5) is 10.1 Å². The number of aliphatic imine (C=N–C) groups is 1. The number of halogens is 1. The zero-order chi connectivity index (χ0) is 19.4. The molecule has 0 N–H and O–H groups in total. The van der Waals surface area contributed by atoms with Crippen LogP contribution in [0.2, 0.25) is 0 Å². The van der Waals surface area contributed by atoms with E-state index in [4.69, 9.17) is 0 Å². The molecular formula is C20H17FN2O3S. The van der Waals surface area contributed by atoms with E-state index in [-0.39, 0.29) is 11.7 Å². The van der Waals surface area contributed by atoms with E-state index in [9.17, 15) is 14.0 Å². The molecule has 1 saturated heterocycles. The first-order valence-electron chi connectivity index (χ1n) is 8.26. The average Bonchev–Trinajstić information content (AvgIpc) is 2.97. The summed E-state index contributed by atoms with van der Waals surface area (Å²) in [4.78, 5) is 30.7. The Morgan fingerprint density at radius 1 is 1.19 bits per heavy atom. The topological polar surface area (TPSA) is 59.0 Å². The maximum atomic E-state index is 13.0. The number of thioether (sulfide) groups is 1. The third-order valence-corrected chi connectivity index (χ3v) is 4.89. The lowest BCUT2D eigenvalue weighted by Crippen LogP contribution is -2.28. The number of ether oxygens (including phenoxy) is 1. The Kier molecular flexibility index (Phi) is 5.71. The quantitative estimate of drug-likeness (QED) is 0.585. The van der Waals surface area contributed by atoms with Gasteiger partial charge in [0.1, 0.15) is 5.82 Å². The molecule has 0 radical (unpaired) electrons. The van der Waals surface area contributed by atoms with Crippen LogP contribution in [0.1, 0.15) is 22.8 Å². The molecule has 1 heterocycles. The van der Waals surface area contributed by atoms with Gasteiger partial charge in [-0.3, -0.25) is 9.69 Å². The summed E-state index contributed by atoms with van der Waals surface area (Å²) < 4.78 is 17.7. The van der Waals surface area contributed by atoms with Gasteiger partial charge in [0.2, 0.25) is 0 Å². The standard InChI is InChI=1S/C20H17FN2O3S/c1-3-23-18(24)17(12-13-4-8-15(21)9-5-13)27-20(23)22-16-10-6-14(7-11-16)19(25)26-2/h4-12H,3H2,1-2H3/b17-12-,22-20?. The fourth-order valence-corrected chi connectivity index (χ4v) is 3.54. The van der Waals surface area contributed by atoms with E-state index >= 15 is 0 Å². The molecule has 7 heteroatoms. The summed E-state index contributed by atoms with van der Waals surface area (Å²) in [6.07, 6.45) is 1.72. The van der Waals surface area contributed by atoms with Crippen LogP contribution in [0.25, 0.3) is 6.08 Å². The third kappa shape index (κ3) is 4.25. The highest BCUT2D eigenvalue weighted by Crippen LogP contribution is 2.34. The summed E-state index contributed by atoms with van der Waals surface area (Å²) in [5.41, 5.74) is 1.80. The van der Waals surface area contributed by atoms with E-state index in [0.717, 1.165) is 5.56 Å². The second-order valence-corrected chi connectivity index (χ2v) is 6.65. The van der Waals surface area contributed by atoms with Gasteiger partial charge in [-0.15, -0.1) is 0 Å². The molecule has 138 valence electrons. The Bertz CT molecular complexity index is 921. The number of carbonyl (C=O) groups excluding carboxylic acids is 2. The minimum atomic E-state index is -0.417. The molecule has 1 aliphatic rings. The number of esters is 1. The van der Waals surface area contributed by atoms with Crippen LogP contribution in [0.15, 0.2) is 58.4 Å². The SMILES string of the molecule is CCN1C(=O)/C(=C/c2ccc(F)cc2)SC1=Nc1ccc(C(=O)OC)cc1. The molecule has 5 nitrogen and oxygen atoms in total. The van der Waals surface area contributed by atoms with Gasteiger partial charge in [-0.2, -0.15) is 0 Å². The Morgan fingerprint density at radius 2 is 1.85 bits per heavy atom. The van der Waals surface area contributed by atoms with Gasteiger partial charge in [-0.05, 0) is 66.7 Å². The molecular weight excluding hydrogens is 367 g/mol. The van der Waals surface area contributed by atoms with Crippen molar-refractivity contribution in [3.63, 3.8) is 0 Å². The smallest absolute Gasteiger partial charge is 0.337 e. The number of rotatable bonds is 4. The van der Waals surface area contributed by atoms with Gasteiger partial charge in [-0.1, -0.05) is 12.1 Å². The minimum absolute atomic E-state index is 0.142. The number of methoxy groups -OCH3 is 1. The van der Waals surface area contributed by atoms with Crippen LogP contribution in [0.5, 0.6) is 0 Å². The molecule has 0 spiro atoms. The van der Waals surface area contributed by atoms with Gasteiger partial charge in [0.15, 0.2) is 5.17 Å². The van der Waals surface area contributed by atoms with Gasteiger partial charge in [0, 0.05) is 6.54 Å².